The lowest BCUT2D eigenvalue weighted by Crippen LogP contribution is -2.59. The van der Waals surface area contributed by atoms with E-state index in [-0.39, 0.29) is 0 Å². The van der Waals surface area contributed by atoms with Gasteiger partial charge in [0.15, 0.2) is 0 Å². The highest BCUT2D eigenvalue weighted by Gasteiger charge is 2.36. The van der Waals surface area contributed by atoms with E-state index in [0.717, 1.165) is 5.92 Å². The molecule has 108 valence electrons. The van der Waals surface area contributed by atoms with Crippen molar-refractivity contribution in [2.75, 3.05) is 40.8 Å². The van der Waals surface area contributed by atoms with E-state index < -0.39 is 0 Å². The normalized spacial score (nSPS) is 24.2. The molecule has 0 radical (unpaired) electrons. The molecule has 2 unspecified atom stereocenters. The Balaban J connectivity index is 2.55. The molecule has 0 aromatic rings. The molecule has 1 rings (SSSR count). The fourth-order valence-electron chi connectivity index (χ4n) is 3.26. The fourth-order valence-corrected chi connectivity index (χ4v) is 3.26. The van der Waals surface area contributed by atoms with Gasteiger partial charge in [0.2, 0.25) is 0 Å². The monoisotopic (exact) mass is 255 g/mol. The van der Waals surface area contributed by atoms with Crippen LogP contribution in [0.5, 0.6) is 0 Å². The maximum absolute atomic E-state index is 3.45. The minimum atomic E-state index is 0.303. The summed E-state index contributed by atoms with van der Waals surface area (Å²) in [4.78, 5) is 5.04. The van der Waals surface area contributed by atoms with E-state index in [1.807, 2.05) is 0 Å². The van der Waals surface area contributed by atoms with Gasteiger partial charge in [0.05, 0.1) is 0 Å². The van der Waals surface area contributed by atoms with Crippen molar-refractivity contribution in [3.63, 3.8) is 0 Å². The number of nitrogens with one attached hydrogen (secondary N) is 1. The first-order valence-corrected chi connectivity index (χ1v) is 7.51. The third-order valence-corrected chi connectivity index (χ3v) is 5.04. The van der Waals surface area contributed by atoms with Crippen LogP contribution in [0.4, 0.5) is 0 Å². The van der Waals surface area contributed by atoms with Crippen LogP contribution in [-0.2, 0) is 0 Å². The van der Waals surface area contributed by atoms with Crippen LogP contribution in [0.1, 0.15) is 40.0 Å². The van der Waals surface area contributed by atoms with Crippen molar-refractivity contribution >= 4 is 0 Å². The molecule has 1 N–H and O–H groups in total. The van der Waals surface area contributed by atoms with Gasteiger partial charge in [-0.1, -0.05) is 6.92 Å². The number of rotatable bonds is 6. The van der Waals surface area contributed by atoms with E-state index in [9.17, 15) is 0 Å². The highest BCUT2D eigenvalue weighted by Crippen LogP contribution is 2.29. The van der Waals surface area contributed by atoms with Gasteiger partial charge in [-0.05, 0) is 73.3 Å². The molecule has 0 aromatic carbocycles. The van der Waals surface area contributed by atoms with Crippen LogP contribution in [0.3, 0.4) is 0 Å². The minimum absolute atomic E-state index is 0.303. The van der Waals surface area contributed by atoms with Gasteiger partial charge in [-0.25, -0.2) is 0 Å². The molecule has 1 aliphatic heterocycles. The number of likely N-dealkylation sites (tertiary alicyclic amines) is 1. The zero-order valence-electron chi connectivity index (χ0n) is 13.3. The second-order valence-corrected chi connectivity index (χ2v) is 6.41. The molecule has 0 amide bonds. The van der Waals surface area contributed by atoms with E-state index >= 15 is 0 Å². The van der Waals surface area contributed by atoms with Crippen LogP contribution in [0.15, 0.2) is 0 Å². The highest BCUT2D eigenvalue weighted by molar-refractivity contribution is 4.95. The van der Waals surface area contributed by atoms with Gasteiger partial charge in [-0.3, -0.25) is 4.90 Å². The van der Waals surface area contributed by atoms with E-state index in [0.29, 0.717) is 11.6 Å². The van der Waals surface area contributed by atoms with Gasteiger partial charge >= 0.3 is 0 Å². The molecule has 18 heavy (non-hydrogen) atoms. The van der Waals surface area contributed by atoms with Crippen molar-refractivity contribution in [2.45, 2.75) is 51.6 Å². The molecule has 3 heteroatoms. The second-order valence-electron chi connectivity index (χ2n) is 6.41. The molecule has 2 atom stereocenters. The lowest BCUT2D eigenvalue weighted by Gasteiger charge is -2.48. The summed E-state index contributed by atoms with van der Waals surface area (Å²) < 4.78 is 0. The third kappa shape index (κ3) is 3.69. The molecular weight excluding hydrogens is 222 g/mol. The molecule has 1 aliphatic rings. The van der Waals surface area contributed by atoms with Gasteiger partial charge in [0, 0.05) is 18.1 Å². The summed E-state index contributed by atoms with van der Waals surface area (Å²) in [5.74, 6) is 0.891. The number of piperidine rings is 1. The van der Waals surface area contributed by atoms with Crippen molar-refractivity contribution < 1.29 is 0 Å². The smallest absolute Gasteiger partial charge is 0.0328 e. The van der Waals surface area contributed by atoms with Crippen molar-refractivity contribution in [1.82, 2.24) is 15.1 Å². The number of hydrogen-bond acceptors (Lipinski definition) is 3. The Bertz CT molecular complexity index is 234. The first kappa shape index (κ1) is 15.9. The second kappa shape index (κ2) is 6.88. The van der Waals surface area contributed by atoms with E-state index in [1.54, 1.807) is 0 Å². The van der Waals surface area contributed by atoms with Crippen molar-refractivity contribution in [1.29, 1.82) is 0 Å². The summed E-state index contributed by atoms with van der Waals surface area (Å²) in [6.07, 6.45) is 3.92. The molecule has 0 saturated carbocycles. The summed E-state index contributed by atoms with van der Waals surface area (Å²) in [6, 6.07) is 0.549. The van der Waals surface area contributed by atoms with Crippen LogP contribution < -0.4 is 5.32 Å². The molecule has 0 bridgehead atoms. The predicted molar refractivity (Wildman–Crippen MR) is 80.1 cm³/mol. The van der Waals surface area contributed by atoms with Crippen LogP contribution in [-0.4, -0.2) is 62.2 Å². The van der Waals surface area contributed by atoms with Crippen molar-refractivity contribution in [3.05, 3.63) is 0 Å². The third-order valence-electron chi connectivity index (χ3n) is 5.04. The van der Waals surface area contributed by atoms with Gasteiger partial charge in [-0.15, -0.1) is 0 Å². The first-order valence-electron chi connectivity index (χ1n) is 7.51. The molecule has 1 saturated heterocycles. The average Bonchev–Trinajstić information content (AvgIpc) is 2.37. The molecule has 1 fully saturated rings. The van der Waals surface area contributed by atoms with Crippen molar-refractivity contribution in [2.24, 2.45) is 5.92 Å². The Morgan fingerprint density at radius 3 is 2.28 bits per heavy atom. The Morgan fingerprint density at radius 1 is 1.33 bits per heavy atom. The zero-order chi connectivity index (χ0) is 13.8. The van der Waals surface area contributed by atoms with E-state index in [1.165, 1.54) is 38.9 Å². The maximum atomic E-state index is 3.45. The van der Waals surface area contributed by atoms with E-state index in [2.05, 4.69) is 57.0 Å². The number of hydrogen-bond donors (Lipinski definition) is 1. The lowest BCUT2D eigenvalue weighted by atomic mass is 9.84. The zero-order valence-corrected chi connectivity index (χ0v) is 13.3. The first-order chi connectivity index (χ1) is 8.43. The maximum Gasteiger partial charge on any atom is 0.0328 e. The quantitative estimate of drug-likeness (QED) is 0.783. The van der Waals surface area contributed by atoms with Gasteiger partial charge < -0.3 is 10.2 Å². The molecular formula is C15H33N3. The lowest BCUT2D eigenvalue weighted by molar-refractivity contribution is 0.0319. The highest BCUT2D eigenvalue weighted by atomic mass is 15.2. The van der Waals surface area contributed by atoms with Crippen molar-refractivity contribution in [3.8, 4) is 0 Å². The molecule has 0 aliphatic carbocycles. The van der Waals surface area contributed by atoms with Crippen LogP contribution in [0.2, 0.25) is 0 Å². The number of nitrogens with zero attached hydrogens (tertiary/aromatic N) is 2. The standard InChI is InChI=1S/C15H33N3/c1-7-15(3,13(2)16-4)18-10-8-14(9-11-18)12-17(5)6/h13-14,16H,7-12H2,1-6H3. The van der Waals surface area contributed by atoms with Gasteiger partial charge in [0.1, 0.15) is 0 Å². The van der Waals surface area contributed by atoms with Gasteiger partial charge in [0.25, 0.3) is 0 Å². The summed E-state index contributed by atoms with van der Waals surface area (Å²) in [7, 11) is 6.45. The molecule has 3 nitrogen and oxygen atoms in total. The Morgan fingerprint density at radius 2 is 1.89 bits per heavy atom. The molecule has 1 heterocycles. The molecule has 0 aromatic heterocycles. The predicted octanol–water partition coefficient (Wildman–Crippen LogP) is 2.04. The van der Waals surface area contributed by atoms with Crippen LogP contribution in [0.25, 0.3) is 0 Å². The average molecular weight is 255 g/mol. The van der Waals surface area contributed by atoms with Crippen LogP contribution in [0, 0.1) is 5.92 Å². The summed E-state index contributed by atoms with van der Waals surface area (Å²) in [5.41, 5.74) is 0.303. The van der Waals surface area contributed by atoms with Gasteiger partial charge in [-0.2, -0.15) is 0 Å². The Kier molecular flexibility index (Phi) is 6.09. The molecule has 0 spiro atoms. The fraction of sp³-hybridized carbons (Fsp3) is 1.00. The topological polar surface area (TPSA) is 18.5 Å². The summed E-state index contributed by atoms with van der Waals surface area (Å²) >= 11 is 0. The number of likely N-dealkylation sites (N-methyl/N-ethyl adjacent to an activating group) is 1. The minimum Gasteiger partial charge on any atom is -0.315 e. The Labute approximate surface area is 114 Å². The summed E-state index contributed by atoms with van der Waals surface area (Å²) in [6.45, 7) is 10.8. The largest absolute Gasteiger partial charge is 0.315 e. The SMILES string of the molecule is CCC(C)(C(C)NC)N1CCC(CN(C)C)CC1. The van der Waals surface area contributed by atoms with E-state index in [4.69, 9.17) is 0 Å². The summed E-state index contributed by atoms with van der Waals surface area (Å²) in [5, 5.41) is 3.45. The van der Waals surface area contributed by atoms with Crippen LogP contribution >= 0.6 is 0 Å². The Hall–Kier alpha value is -0.120.